The predicted octanol–water partition coefficient (Wildman–Crippen LogP) is -1.66. The van der Waals surface area contributed by atoms with E-state index in [9.17, 15) is 0 Å². The van der Waals surface area contributed by atoms with Crippen LogP contribution in [0.15, 0.2) is 0 Å². The zero-order valence-electron chi connectivity index (χ0n) is 1.96. The van der Waals surface area contributed by atoms with Crippen LogP contribution in [0.4, 0.5) is 0 Å². The van der Waals surface area contributed by atoms with Gasteiger partial charge in [0, 0.05) is 0 Å². The zero-order chi connectivity index (χ0) is 2.71. The van der Waals surface area contributed by atoms with Gasteiger partial charge in [0.15, 0.2) is 17.4 Å². The van der Waals surface area contributed by atoms with Crippen molar-refractivity contribution in [2.24, 2.45) is 0 Å². The van der Waals surface area contributed by atoms with Crippen molar-refractivity contribution in [2.45, 2.75) is 0 Å². The Bertz CT molecular complexity index is 13.5. The summed E-state index contributed by atoms with van der Waals surface area (Å²) in [7, 11) is 0. The molecule has 0 heterocycles. The molecule has 0 aromatic heterocycles. The molecule has 0 aromatic rings. The molecule has 0 aliphatic rings. The first kappa shape index (κ1) is 22.8. The molecule has 0 rings (SSSR count). The summed E-state index contributed by atoms with van der Waals surface area (Å²) in [6.07, 6.45) is 9.90. The van der Waals surface area contributed by atoms with E-state index in [1.54, 1.807) is 0 Å². The molecule has 0 radical (unpaired) electrons. The van der Waals surface area contributed by atoms with Gasteiger partial charge in [0.05, 0.1) is 0 Å². The summed E-state index contributed by atoms with van der Waals surface area (Å²) in [6.45, 7) is 0. The predicted molar refractivity (Wildman–Crippen MR) is 38.2 cm³/mol. The van der Waals surface area contributed by atoms with Crippen LogP contribution in [0.3, 0.4) is 0 Å². The first-order chi connectivity index (χ1) is 1.41. The molecule has 6 heteroatoms. The molecule has 0 amide bonds. The van der Waals surface area contributed by atoms with Crippen molar-refractivity contribution in [3.63, 3.8) is 0 Å². The fraction of sp³-hybridized carbons (Fsp3) is 0. The summed E-state index contributed by atoms with van der Waals surface area (Å²) in [5.74, 6) is 0. The average molecular weight is 183 g/mol. The molecule has 2 N–H and O–H groups in total. The summed E-state index contributed by atoms with van der Waals surface area (Å²) >= 11 is -0.931. The Morgan fingerprint density at radius 3 is 1.17 bits per heavy atom. The van der Waals surface area contributed by atoms with Gasteiger partial charge in [0.1, 0.15) is 0 Å². The maximum absolute atomic E-state index is 4.95. The van der Waals surface area contributed by atoms with Crippen molar-refractivity contribution >= 4 is 90.5 Å². The number of hydrogen-bond acceptors (Lipinski definition) is 0. The third-order valence-corrected chi connectivity index (χ3v) is 0. The zero-order valence-corrected chi connectivity index (χ0v) is 5.68. The van der Waals surface area contributed by atoms with Crippen LogP contribution in [0, 0.1) is 0 Å². The Hall–Kier alpha value is 3.33. The standard InChI is InChI=1S/Al.Ca.2ClH.Na.H2O.4H/h;;2*1H;;1H2;;;;/q;+2;;;;;;;;/p-2. The van der Waals surface area contributed by atoms with Crippen molar-refractivity contribution in [1.82, 2.24) is 0 Å². The van der Waals surface area contributed by atoms with Crippen LogP contribution in [0.25, 0.3) is 0 Å². The molecule has 0 unspecified atom stereocenters. The Morgan fingerprint density at radius 1 is 1.17 bits per heavy atom. The maximum atomic E-state index is 4.95. The molecule has 0 saturated carbocycles. The van der Waals surface area contributed by atoms with E-state index in [1.807, 2.05) is 0 Å². The van der Waals surface area contributed by atoms with E-state index < -0.39 is 30.8 Å². The summed E-state index contributed by atoms with van der Waals surface area (Å²) in [6, 6.07) is 0. The van der Waals surface area contributed by atoms with Gasteiger partial charge in [0.2, 0.25) is 0 Å². The third-order valence-electron chi connectivity index (χ3n) is 0. The number of rotatable bonds is 0. The fourth-order valence-electron chi connectivity index (χ4n) is 0. The monoisotopic (exact) mass is 182 g/mol. The second kappa shape index (κ2) is 23.9. The fourth-order valence-corrected chi connectivity index (χ4v) is 0. The van der Waals surface area contributed by atoms with Crippen molar-refractivity contribution < 1.29 is 5.48 Å². The van der Waals surface area contributed by atoms with E-state index in [0.717, 1.165) is 0 Å². The first-order valence-corrected chi connectivity index (χ1v) is 6.61. The quantitative estimate of drug-likeness (QED) is 0.402. The van der Waals surface area contributed by atoms with E-state index in [0.29, 0.717) is 0 Å². The molecule has 32 valence electrons. The summed E-state index contributed by atoms with van der Waals surface area (Å²) in [5, 5.41) is 0. The second-order valence-electron chi connectivity index (χ2n) is 0.101. The van der Waals surface area contributed by atoms with E-state index >= 15 is 0 Å². The van der Waals surface area contributed by atoms with Crippen molar-refractivity contribution in [3.8, 4) is 0 Å². The van der Waals surface area contributed by atoms with Crippen LogP contribution in [0.1, 0.15) is 0 Å². The van der Waals surface area contributed by atoms with Gasteiger partial charge in [-0.3, -0.25) is 0 Å². The molecular weight excluding hydrogens is 177 g/mol. The molecule has 6 heavy (non-hydrogen) atoms. The molecular formula is H6AlCaCl2NaO. The van der Waals surface area contributed by atoms with Gasteiger partial charge in [-0.05, 0) is 0 Å². The van der Waals surface area contributed by atoms with Gasteiger partial charge in [0.25, 0.3) is 0 Å². The Balaban J connectivity index is -0.00000000667. The van der Waals surface area contributed by atoms with Gasteiger partial charge in [-0.1, -0.05) is 0 Å². The molecule has 0 atom stereocenters. The van der Waals surface area contributed by atoms with E-state index in [2.05, 4.69) is 0 Å². The number of halogens is 2. The molecule has 0 aromatic carbocycles. The molecule has 0 saturated heterocycles. The van der Waals surface area contributed by atoms with Crippen LogP contribution in [0.5, 0.6) is 0 Å². The van der Waals surface area contributed by atoms with Crippen molar-refractivity contribution in [3.05, 3.63) is 0 Å². The Morgan fingerprint density at radius 2 is 1.17 bits per heavy atom. The van der Waals surface area contributed by atoms with Crippen LogP contribution in [-0.2, 0) is 0 Å². The topological polar surface area (TPSA) is 31.5 Å². The van der Waals surface area contributed by atoms with Gasteiger partial charge < -0.3 is 5.48 Å². The van der Waals surface area contributed by atoms with Gasteiger partial charge >= 0.3 is 73.2 Å². The Kier molecular flexibility index (Phi) is 90.6. The van der Waals surface area contributed by atoms with E-state index in [4.69, 9.17) is 12.8 Å². The van der Waals surface area contributed by atoms with Gasteiger partial charge in [-0.15, -0.1) is 0 Å². The summed E-state index contributed by atoms with van der Waals surface area (Å²) in [5.41, 5.74) is 0. The molecule has 0 aliphatic carbocycles. The van der Waals surface area contributed by atoms with Crippen molar-refractivity contribution in [2.75, 3.05) is 0 Å². The van der Waals surface area contributed by atoms with Crippen LogP contribution in [0.2, 0.25) is 0 Å². The van der Waals surface area contributed by atoms with E-state index in [-0.39, 0.29) is 52.4 Å². The van der Waals surface area contributed by atoms with Crippen LogP contribution >= 0.6 is 12.8 Å². The van der Waals surface area contributed by atoms with Crippen LogP contribution < -0.4 is 0 Å². The summed E-state index contributed by atoms with van der Waals surface area (Å²) in [4.78, 5) is 0. The normalized spacial score (nSPS) is 1.67. The van der Waals surface area contributed by atoms with Gasteiger partial charge in [-0.2, -0.15) is 0 Å². The molecule has 0 bridgehead atoms. The van der Waals surface area contributed by atoms with Gasteiger partial charge in [-0.25, -0.2) is 0 Å². The SMILES string of the molecule is O.[AlH3].[Cl][Ca][Cl].[NaH]. The molecule has 0 spiro atoms. The summed E-state index contributed by atoms with van der Waals surface area (Å²) < 4.78 is 0. The average Bonchev–Trinajstić information content (AvgIpc) is 0.918. The van der Waals surface area contributed by atoms with Crippen molar-refractivity contribution in [1.29, 1.82) is 0 Å². The minimum absolute atomic E-state index is 0. The Labute approximate surface area is 93.6 Å². The molecule has 0 fully saturated rings. The molecule has 1 nitrogen and oxygen atoms in total. The second-order valence-corrected chi connectivity index (χ2v) is 3.75. The first-order valence-electron chi connectivity index (χ1n) is 0.535. The third kappa shape index (κ3) is 26.5. The van der Waals surface area contributed by atoms with E-state index in [1.165, 1.54) is 0 Å². The number of hydrogen-bond donors (Lipinski definition) is 0. The van der Waals surface area contributed by atoms with Crippen LogP contribution in [-0.4, -0.2) is 83.2 Å². The minimum atomic E-state index is -0.931. The molecule has 0 aliphatic heterocycles.